The first kappa shape index (κ1) is 25.9. The Kier molecular flexibility index (Phi) is 7.07. The standard InChI is InChI=1S/C27H22Cl2O8/c28-20-8-14(24(34)18(26(20)36)6-12-1-3-16(30)10-22(12)32)5-15-9-21(29)27(37)19(25(15)35)7-13-2-4-17(31)11-23(13)33/h1-4,8-11,30-37H,5-7H2. The minimum atomic E-state index is -0.396. The summed E-state index contributed by atoms with van der Waals surface area (Å²) in [5.74, 6) is -2.27. The third kappa shape index (κ3) is 5.21. The van der Waals surface area contributed by atoms with Gasteiger partial charge in [-0.1, -0.05) is 35.3 Å². The Morgan fingerprint density at radius 3 is 1.16 bits per heavy atom. The van der Waals surface area contributed by atoms with Crippen molar-refractivity contribution in [1.82, 2.24) is 0 Å². The molecule has 0 aliphatic rings. The summed E-state index contributed by atoms with van der Waals surface area (Å²) in [7, 11) is 0. The van der Waals surface area contributed by atoms with Crippen molar-refractivity contribution in [2.75, 3.05) is 0 Å². The molecule has 0 saturated heterocycles. The van der Waals surface area contributed by atoms with E-state index in [1.807, 2.05) is 0 Å². The molecule has 0 saturated carbocycles. The van der Waals surface area contributed by atoms with E-state index in [4.69, 9.17) is 23.2 Å². The fraction of sp³-hybridized carbons (Fsp3) is 0.111. The van der Waals surface area contributed by atoms with Gasteiger partial charge in [-0.3, -0.25) is 0 Å². The van der Waals surface area contributed by atoms with Crippen LogP contribution >= 0.6 is 23.2 Å². The topological polar surface area (TPSA) is 162 Å². The number of hydrogen-bond donors (Lipinski definition) is 8. The van der Waals surface area contributed by atoms with E-state index in [2.05, 4.69) is 0 Å². The fourth-order valence-electron chi connectivity index (χ4n) is 4.07. The molecule has 8 N–H and O–H groups in total. The van der Waals surface area contributed by atoms with Crippen molar-refractivity contribution >= 4 is 23.2 Å². The summed E-state index contributed by atoms with van der Waals surface area (Å²) in [4.78, 5) is 0. The second kappa shape index (κ2) is 10.1. The van der Waals surface area contributed by atoms with E-state index in [9.17, 15) is 40.9 Å². The van der Waals surface area contributed by atoms with Crippen molar-refractivity contribution in [3.05, 3.63) is 92.0 Å². The number of hydrogen-bond acceptors (Lipinski definition) is 8. The highest BCUT2D eigenvalue weighted by Gasteiger charge is 2.22. The van der Waals surface area contributed by atoms with E-state index in [0.29, 0.717) is 11.1 Å². The van der Waals surface area contributed by atoms with Crippen LogP contribution in [0.25, 0.3) is 0 Å². The summed E-state index contributed by atoms with van der Waals surface area (Å²) in [6.45, 7) is 0. The van der Waals surface area contributed by atoms with Crippen LogP contribution in [0.3, 0.4) is 0 Å². The minimum absolute atomic E-state index is 0.0158. The highest BCUT2D eigenvalue weighted by Crippen LogP contribution is 2.44. The first-order chi connectivity index (χ1) is 17.5. The van der Waals surface area contributed by atoms with Crippen molar-refractivity contribution in [3.8, 4) is 46.0 Å². The molecule has 0 radical (unpaired) electrons. The Morgan fingerprint density at radius 2 is 0.811 bits per heavy atom. The summed E-state index contributed by atoms with van der Waals surface area (Å²) in [5, 5.41) is 82.1. The van der Waals surface area contributed by atoms with E-state index < -0.39 is 11.5 Å². The summed E-state index contributed by atoms with van der Waals surface area (Å²) >= 11 is 12.4. The van der Waals surface area contributed by atoms with Gasteiger partial charge in [0, 0.05) is 53.6 Å². The van der Waals surface area contributed by atoms with Crippen LogP contribution in [0.5, 0.6) is 46.0 Å². The molecule has 0 aliphatic heterocycles. The molecule has 10 heteroatoms. The third-order valence-corrected chi connectivity index (χ3v) is 6.64. The Balaban J connectivity index is 1.74. The SMILES string of the molecule is Oc1ccc(Cc2c(O)c(Cl)cc(Cc3cc(Cl)c(O)c(Cc4ccc(O)cc4O)c3O)c2O)c(O)c1. The van der Waals surface area contributed by atoms with Gasteiger partial charge in [0.1, 0.15) is 46.0 Å². The maximum absolute atomic E-state index is 11.0. The maximum Gasteiger partial charge on any atom is 0.141 e. The average Bonchev–Trinajstić information content (AvgIpc) is 2.83. The van der Waals surface area contributed by atoms with Crippen LogP contribution in [0, 0.1) is 0 Å². The number of halogens is 2. The quantitative estimate of drug-likeness (QED) is 0.160. The fourth-order valence-corrected chi connectivity index (χ4v) is 4.57. The lowest BCUT2D eigenvalue weighted by Crippen LogP contribution is -1.99. The van der Waals surface area contributed by atoms with Crippen molar-refractivity contribution in [3.63, 3.8) is 0 Å². The van der Waals surface area contributed by atoms with Gasteiger partial charge in [-0.05, 0) is 35.4 Å². The molecule has 8 nitrogen and oxygen atoms in total. The molecule has 0 atom stereocenters. The van der Waals surface area contributed by atoms with Crippen LogP contribution in [0.1, 0.15) is 33.4 Å². The van der Waals surface area contributed by atoms with Gasteiger partial charge in [-0.2, -0.15) is 0 Å². The second-order valence-corrected chi connectivity index (χ2v) is 9.36. The lowest BCUT2D eigenvalue weighted by atomic mass is 9.93. The molecule has 4 rings (SSSR count). The molecule has 0 aliphatic carbocycles. The molecule has 0 unspecified atom stereocenters. The highest BCUT2D eigenvalue weighted by molar-refractivity contribution is 6.32. The minimum Gasteiger partial charge on any atom is -0.508 e. The zero-order valence-corrected chi connectivity index (χ0v) is 20.6. The monoisotopic (exact) mass is 544 g/mol. The molecule has 4 aromatic rings. The summed E-state index contributed by atoms with van der Waals surface area (Å²) in [6, 6.07) is 10.4. The van der Waals surface area contributed by atoms with Gasteiger partial charge in [0.05, 0.1) is 10.0 Å². The Bertz CT molecular complexity index is 1400. The van der Waals surface area contributed by atoms with Gasteiger partial charge >= 0.3 is 0 Å². The number of rotatable bonds is 6. The van der Waals surface area contributed by atoms with Crippen LogP contribution < -0.4 is 0 Å². The zero-order chi connectivity index (χ0) is 27.0. The van der Waals surface area contributed by atoms with Crippen LogP contribution in [-0.2, 0) is 19.3 Å². The molecule has 0 spiro atoms. The number of phenols is 8. The Morgan fingerprint density at radius 1 is 0.432 bits per heavy atom. The molecular weight excluding hydrogens is 523 g/mol. The molecule has 192 valence electrons. The van der Waals surface area contributed by atoms with E-state index in [1.54, 1.807) is 0 Å². The molecule has 0 aromatic heterocycles. The smallest absolute Gasteiger partial charge is 0.141 e. The van der Waals surface area contributed by atoms with Crippen LogP contribution in [0.4, 0.5) is 0 Å². The highest BCUT2D eigenvalue weighted by atomic mass is 35.5. The van der Waals surface area contributed by atoms with E-state index >= 15 is 0 Å². The van der Waals surface area contributed by atoms with Crippen molar-refractivity contribution in [2.45, 2.75) is 19.3 Å². The second-order valence-electron chi connectivity index (χ2n) is 8.54. The van der Waals surface area contributed by atoms with E-state index in [-0.39, 0.29) is 86.1 Å². The van der Waals surface area contributed by atoms with Gasteiger partial charge in [-0.15, -0.1) is 0 Å². The summed E-state index contributed by atoms with van der Waals surface area (Å²) in [5.41, 5.74) is 1.08. The maximum atomic E-state index is 11.0. The lowest BCUT2D eigenvalue weighted by Gasteiger charge is -2.17. The van der Waals surface area contributed by atoms with E-state index in [0.717, 1.165) is 12.1 Å². The average molecular weight is 545 g/mol. The van der Waals surface area contributed by atoms with Gasteiger partial charge in [0.25, 0.3) is 0 Å². The Labute approximate surface area is 221 Å². The number of benzene rings is 4. The molecule has 0 bridgehead atoms. The normalized spacial score (nSPS) is 11.1. The predicted molar refractivity (Wildman–Crippen MR) is 138 cm³/mol. The molecule has 0 fully saturated rings. The summed E-state index contributed by atoms with van der Waals surface area (Å²) in [6.07, 6.45) is -0.350. The first-order valence-corrected chi connectivity index (χ1v) is 11.7. The third-order valence-electron chi connectivity index (χ3n) is 6.06. The predicted octanol–water partition coefficient (Wildman–Crippen LogP) is 5.41. The van der Waals surface area contributed by atoms with Crippen molar-refractivity contribution in [1.29, 1.82) is 0 Å². The Hall–Kier alpha value is -4.14. The van der Waals surface area contributed by atoms with Crippen LogP contribution in [0.15, 0.2) is 48.5 Å². The van der Waals surface area contributed by atoms with Gasteiger partial charge in [0.15, 0.2) is 0 Å². The first-order valence-electron chi connectivity index (χ1n) is 10.9. The molecule has 37 heavy (non-hydrogen) atoms. The number of phenolic OH excluding ortho intramolecular Hbond substituents is 8. The van der Waals surface area contributed by atoms with Crippen LogP contribution in [-0.4, -0.2) is 40.9 Å². The van der Waals surface area contributed by atoms with Gasteiger partial charge < -0.3 is 40.9 Å². The summed E-state index contributed by atoms with van der Waals surface area (Å²) < 4.78 is 0. The lowest BCUT2D eigenvalue weighted by molar-refractivity contribution is 0.431. The van der Waals surface area contributed by atoms with Crippen molar-refractivity contribution < 1.29 is 40.9 Å². The molecule has 4 aromatic carbocycles. The molecule has 0 heterocycles. The van der Waals surface area contributed by atoms with Crippen LogP contribution in [0.2, 0.25) is 10.0 Å². The molecule has 0 amide bonds. The van der Waals surface area contributed by atoms with Gasteiger partial charge in [-0.25, -0.2) is 0 Å². The van der Waals surface area contributed by atoms with Gasteiger partial charge in [0.2, 0.25) is 0 Å². The number of aromatic hydroxyl groups is 8. The molecular formula is C27H22Cl2O8. The largest absolute Gasteiger partial charge is 0.508 e. The zero-order valence-electron chi connectivity index (χ0n) is 19.1. The van der Waals surface area contributed by atoms with E-state index in [1.165, 1.54) is 36.4 Å². The van der Waals surface area contributed by atoms with Crippen molar-refractivity contribution in [2.24, 2.45) is 0 Å².